The van der Waals surface area contributed by atoms with Crippen LogP contribution in [0.15, 0.2) is 72.1 Å². The smallest absolute Gasteiger partial charge is 0.262 e. The first kappa shape index (κ1) is 19.4. The van der Waals surface area contributed by atoms with Gasteiger partial charge in [0.2, 0.25) is 0 Å². The van der Waals surface area contributed by atoms with Crippen molar-refractivity contribution < 1.29 is 19.1 Å². The number of rotatable bonds is 8. The molecule has 0 aliphatic rings. The molecule has 0 unspecified atom stereocenters. The fourth-order valence-corrected chi connectivity index (χ4v) is 3.09. The monoisotopic (exact) mass is 393 g/mol. The van der Waals surface area contributed by atoms with Gasteiger partial charge < -0.3 is 14.8 Å². The maximum Gasteiger partial charge on any atom is 0.262 e. The van der Waals surface area contributed by atoms with Crippen molar-refractivity contribution in [2.75, 3.05) is 19.0 Å². The molecule has 28 heavy (non-hydrogen) atoms. The molecule has 142 valence electrons. The fourth-order valence-electron chi connectivity index (χ4n) is 2.44. The Morgan fingerprint density at radius 1 is 1.04 bits per heavy atom. The number of nitrogens with one attached hydrogen (secondary N) is 1. The van der Waals surface area contributed by atoms with E-state index in [-0.39, 0.29) is 18.3 Å². The van der Waals surface area contributed by atoms with Crippen molar-refractivity contribution in [3.8, 4) is 11.5 Å². The molecule has 1 amide bonds. The number of carbonyl (C=O) groups excluding carboxylic acids is 2. The summed E-state index contributed by atoms with van der Waals surface area (Å²) in [5, 5.41) is 4.62. The van der Waals surface area contributed by atoms with Crippen LogP contribution in [0.4, 0.5) is 5.69 Å². The molecule has 3 rings (SSSR count). The molecule has 0 radical (unpaired) electrons. The Bertz CT molecular complexity index is 965. The summed E-state index contributed by atoms with van der Waals surface area (Å²) in [4.78, 5) is 24.8. The van der Waals surface area contributed by atoms with Gasteiger partial charge in [0.25, 0.3) is 5.91 Å². The van der Waals surface area contributed by atoms with Crippen molar-refractivity contribution in [2.24, 2.45) is 0 Å². The van der Waals surface area contributed by atoms with E-state index in [1.165, 1.54) is 24.5 Å². The normalized spacial score (nSPS) is 10.6. The second kappa shape index (κ2) is 9.53. The van der Waals surface area contributed by atoms with Gasteiger partial charge in [0, 0.05) is 5.69 Å². The minimum atomic E-state index is -0.265. The number of carbonyl (C=O) groups is 2. The van der Waals surface area contributed by atoms with Crippen molar-refractivity contribution in [3.63, 3.8) is 0 Å². The number of thiophene rings is 1. The lowest BCUT2D eigenvalue weighted by Gasteiger charge is -2.11. The number of hydrogen-bond acceptors (Lipinski definition) is 5. The summed E-state index contributed by atoms with van der Waals surface area (Å²) < 4.78 is 10.9. The summed E-state index contributed by atoms with van der Waals surface area (Å²) in [5.74, 6) is 0.622. The number of anilines is 1. The van der Waals surface area contributed by atoms with Gasteiger partial charge in [0.1, 0.15) is 0 Å². The molecule has 0 fully saturated rings. The molecule has 0 aliphatic heterocycles. The van der Waals surface area contributed by atoms with E-state index in [9.17, 15) is 9.59 Å². The lowest BCUT2D eigenvalue weighted by molar-refractivity contribution is -0.118. The van der Waals surface area contributed by atoms with Gasteiger partial charge in [-0.25, -0.2) is 0 Å². The Kier molecular flexibility index (Phi) is 6.59. The fraction of sp³-hybridized carbons (Fsp3) is 0.0909. The van der Waals surface area contributed by atoms with Crippen LogP contribution in [-0.2, 0) is 4.79 Å². The van der Waals surface area contributed by atoms with Crippen LogP contribution in [0.5, 0.6) is 11.5 Å². The highest BCUT2D eigenvalue weighted by atomic mass is 32.1. The number of benzene rings is 2. The Hall–Kier alpha value is -3.38. The number of hydrogen-bond donors (Lipinski definition) is 1. The van der Waals surface area contributed by atoms with Crippen LogP contribution in [0, 0.1) is 0 Å². The van der Waals surface area contributed by atoms with Gasteiger partial charge in [0.05, 0.1) is 12.0 Å². The van der Waals surface area contributed by atoms with Gasteiger partial charge in [-0.3, -0.25) is 9.59 Å². The van der Waals surface area contributed by atoms with Gasteiger partial charge >= 0.3 is 0 Å². The Balaban J connectivity index is 1.61. The first-order chi connectivity index (χ1) is 13.7. The van der Waals surface area contributed by atoms with Gasteiger partial charge in [0.15, 0.2) is 23.9 Å². The number of allylic oxidation sites excluding steroid dienone is 1. The quantitative estimate of drug-likeness (QED) is 0.446. The zero-order chi connectivity index (χ0) is 19.8. The summed E-state index contributed by atoms with van der Waals surface area (Å²) in [6.07, 6.45) is 3.24. The van der Waals surface area contributed by atoms with E-state index in [4.69, 9.17) is 9.47 Å². The average molecular weight is 393 g/mol. The van der Waals surface area contributed by atoms with Gasteiger partial charge in [-0.1, -0.05) is 36.4 Å². The highest BCUT2D eigenvalue weighted by molar-refractivity contribution is 7.12. The zero-order valence-corrected chi connectivity index (χ0v) is 16.1. The molecule has 3 aromatic rings. The molecule has 0 aliphatic carbocycles. The molecule has 5 nitrogen and oxygen atoms in total. The number of methoxy groups -OCH3 is 1. The first-order valence-corrected chi connectivity index (χ1v) is 9.45. The van der Waals surface area contributed by atoms with Gasteiger partial charge in [-0.2, -0.15) is 0 Å². The lowest BCUT2D eigenvalue weighted by Crippen LogP contribution is -2.20. The lowest BCUT2D eigenvalue weighted by atomic mass is 10.1. The standard InChI is InChI=1S/C22H19NO4S/c1-26-20-14-16(9-11-18(24)21-8-5-13-28-21)10-12-19(20)27-15-22(25)23-17-6-3-2-4-7-17/h2-14H,15H2,1H3,(H,23,25)/b11-9+. The Labute approximate surface area is 167 Å². The summed E-state index contributed by atoms with van der Waals surface area (Å²) in [7, 11) is 1.52. The second-order valence-electron chi connectivity index (χ2n) is 5.79. The molecule has 0 spiro atoms. The van der Waals surface area contributed by atoms with Crippen LogP contribution < -0.4 is 14.8 Å². The third kappa shape index (κ3) is 5.31. The zero-order valence-electron chi connectivity index (χ0n) is 15.3. The van der Waals surface area contributed by atoms with Crippen LogP contribution >= 0.6 is 11.3 Å². The van der Waals surface area contributed by atoms with Crippen molar-refractivity contribution in [2.45, 2.75) is 0 Å². The maximum atomic E-state index is 12.1. The van der Waals surface area contributed by atoms with E-state index in [0.717, 1.165) is 5.56 Å². The molecular weight excluding hydrogens is 374 g/mol. The largest absolute Gasteiger partial charge is 0.493 e. The van der Waals surface area contributed by atoms with E-state index >= 15 is 0 Å². The number of amides is 1. The first-order valence-electron chi connectivity index (χ1n) is 8.57. The summed E-state index contributed by atoms with van der Waals surface area (Å²) >= 11 is 1.40. The molecule has 0 atom stereocenters. The number of ether oxygens (including phenoxy) is 2. The van der Waals surface area contributed by atoms with E-state index < -0.39 is 0 Å². The van der Waals surface area contributed by atoms with Crippen LogP contribution in [0.3, 0.4) is 0 Å². The molecule has 1 heterocycles. The topological polar surface area (TPSA) is 64.6 Å². The molecule has 2 aromatic carbocycles. The van der Waals surface area contributed by atoms with Crippen molar-refractivity contribution in [1.82, 2.24) is 0 Å². The second-order valence-corrected chi connectivity index (χ2v) is 6.74. The minimum absolute atomic E-state index is 0.0492. The SMILES string of the molecule is COc1cc(/C=C/C(=O)c2cccs2)ccc1OCC(=O)Nc1ccccc1. The molecule has 6 heteroatoms. The van der Waals surface area contributed by atoms with E-state index in [1.54, 1.807) is 42.5 Å². The number of ketones is 1. The van der Waals surface area contributed by atoms with E-state index in [1.807, 2.05) is 29.6 Å². The van der Waals surface area contributed by atoms with Gasteiger partial charge in [-0.15, -0.1) is 11.3 Å². The molecule has 0 bridgehead atoms. The van der Waals surface area contributed by atoms with Crippen LogP contribution in [0.25, 0.3) is 6.08 Å². The highest BCUT2D eigenvalue weighted by Crippen LogP contribution is 2.28. The Morgan fingerprint density at radius 3 is 2.57 bits per heavy atom. The Morgan fingerprint density at radius 2 is 1.86 bits per heavy atom. The molecule has 1 aromatic heterocycles. The third-order valence-electron chi connectivity index (χ3n) is 3.80. The van der Waals surface area contributed by atoms with E-state index in [2.05, 4.69) is 5.32 Å². The summed E-state index contributed by atoms with van der Waals surface area (Å²) in [5.41, 5.74) is 1.50. The molecule has 0 saturated carbocycles. The van der Waals surface area contributed by atoms with Crippen molar-refractivity contribution >= 4 is 34.8 Å². The highest BCUT2D eigenvalue weighted by Gasteiger charge is 2.09. The molecular formula is C22H19NO4S. The third-order valence-corrected chi connectivity index (χ3v) is 4.68. The predicted octanol–water partition coefficient (Wildman–Crippen LogP) is 4.67. The summed E-state index contributed by atoms with van der Waals surface area (Å²) in [6.45, 7) is -0.142. The van der Waals surface area contributed by atoms with Gasteiger partial charge in [-0.05, 0) is 47.4 Å². The minimum Gasteiger partial charge on any atom is -0.493 e. The molecule has 1 N–H and O–H groups in total. The summed E-state index contributed by atoms with van der Waals surface area (Å²) in [6, 6.07) is 18.1. The van der Waals surface area contributed by atoms with E-state index in [0.29, 0.717) is 22.1 Å². The van der Waals surface area contributed by atoms with Crippen molar-refractivity contribution in [1.29, 1.82) is 0 Å². The van der Waals surface area contributed by atoms with Crippen LogP contribution in [0.1, 0.15) is 15.2 Å². The van der Waals surface area contributed by atoms with Crippen molar-refractivity contribution in [3.05, 3.63) is 82.6 Å². The molecule has 0 saturated heterocycles. The number of para-hydroxylation sites is 1. The van der Waals surface area contributed by atoms with Crippen LogP contribution in [-0.4, -0.2) is 25.4 Å². The van der Waals surface area contributed by atoms with Crippen LogP contribution in [0.2, 0.25) is 0 Å². The maximum absolute atomic E-state index is 12.1. The average Bonchev–Trinajstić information content (AvgIpc) is 3.26. The predicted molar refractivity (Wildman–Crippen MR) is 111 cm³/mol.